The standard InChI is InChI=1S/C19H15Cl2NO2/c1-12(19(23)22-14-6-4-5-13(20)11-14)24-18-10-9-17(21)15-7-2-3-8-16(15)18/h2-12H,1H3,(H,22,23)/t12-/m1/s1. The Labute approximate surface area is 150 Å². The van der Waals surface area contributed by atoms with Crippen LogP contribution in [-0.2, 0) is 4.79 Å². The first-order valence-corrected chi connectivity index (χ1v) is 8.20. The topological polar surface area (TPSA) is 38.3 Å². The molecule has 0 aliphatic heterocycles. The van der Waals surface area contributed by atoms with Crippen LogP contribution < -0.4 is 10.1 Å². The molecule has 0 spiro atoms. The third kappa shape index (κ3) is 3.64. The van der Waals surface area contributed by atoms with Crippen LogP contribution in [0, 0.1) is 0 Å². The number of benzene rings is 3. The molecule has 0 saturated carbocycles. The number of fused-ring (bicyclic) bond motifs is 1. The van der Waals surface area contributed by atoms with Gasteiger partial charge in [-0.15, -0.1) is 0 Å². The molecule has 3 aromatic carbocycles. The zero-order valence-electron chi connectivity index (χ0n) is 12.9. The Morgan fingerprint density at radius 1 is 1.00 bits per heavy atom. The van der Waals surface area contributed by atoms with Gasteiger partial charge in [0.2, 0.25) is 0 Å². The van der Waals surface area contributed by atoms with Crippen molar-refractivity contribution in [3.63, 3.8) is 0 Å². The molecule has 1 N–H and O–H groups in total. The fourth-order valence-corrected chi connectivity index (χ4v) is 2.81. The van der Waals surface area contributed by atoms with Gasteiger partial charge in [-0.05, 0) is 37.3 Å². The first-order valence-electron chi connectivity index (χ1n) is 7.45. The summed E-state index contributed by atoms with van der Waals surface area (Å²) in [6.45, 7) is 1.70. The van der Waals surface area contributed by atoms with Gasteiger partial charge in [-0.2, -0.15) is 0 Å². The van der Waals surface area contributed by atoms with Crippen LogP contribution >= 0.6 is 23.2 Å². The van der Waals surface area contributed by atoms with Gasteiger partial charge >= 0.3 is 0 Å². The first-order chi connectivity index (χ1) is 11.5. The van der Waals surface area contributed by atoms with Crippen molar-refractivity contribution in [3.05, 3.63) is 70.7 Å². The fraction of sp³-hybridized carbons (Fsp3) is 0.105. The highest BCUT2D eigenvalue weighted by Crippen LogP contribution is 2.31. The summed E-state index contributed by atoms with van der Waals surface area (Å²) in [4.78, 5) is 12.3. The van der Waals surface area contributed by atoms with E-state index in [2.05, 4.69) is 5.32 Å². The second-order valence-corrected chi connectivity index (χ2v) is 6.19. The Morgan fingerprint density at radius 2 is 1.75 bits per heavy atom. The van der Waals surface area contributed by atoms with Crippen LogP contribution in [0.5, 0.6) is 5.75 Å². The number of hydrogen-bond donors (Lipinski definition) is 1. The van der Waals surface area contributed by atoms with Crippen molar-refractivity contribution >= 4 is 45.6 Å². The summed E-state index contributed by atoms with van der Waals surface area (Å²) in [7, 11) is 0. The maximum absolute atomic E-state index is 12.3. The summed E-state index contributed by atoms with van der Waals surface area (Å²) >= 11 is 12.1. The largest absolute Gasteiger partial charge is 0.480 e. The molecule has 0 unspecified atom stereocenters. The summed E-state index contributed by atoms with van der Waals surface area (Å²) in [6, 6.07) is 18.2. The van der Waals surface area contributed by atoms with E-state index in [1.165, 1.54) is 0 Å². The summed E-state index contributed by atoms with van der Waals surface area (Å²) in [5.74, 6) is 0.361. The number of carbonyl (C=O) groups is 1. The smallest absolute Gasteiger partial charge is 0.265 e. The molecule has 1 atom stereocenters. The van der Waals surface area contributed by atoms with E-state index in [-0.39, 0.29) is 5.91 Å². The Morgan fingerprint density at radius 3 is 2.50 bits per heavy atom. The predicted octanol–water partition coefficient (Wildman–Crippen LogP) is 5.55. The van der Waals surface area contributed by atoms with E-state index in [4.69, 9.17) is 27.9 Å². The molecule has 0 aliphatic carbocycles. The highest BCUT2D eigenvalue weighted by molar-refractivity contribution is 6.35. The number of rotatable bonds is 4. The minimum Gasteiger partial charge on any atom is -0.480 e. The van der Waals surface area contributed by atoms with Gasteiger partial charge in [0.1, 0.15) is 5.75 Å². The lowest BCUT2D eigenvalue weighted by Gasteiger charge is -2.16. The highest BCUT2D eigenvalue weighted by atomic mass is 35.5. The molecule has 3 rings (SSSR count). The molecule has 0 heterocycles. The van der Waals surface area contributed by atoms with Crippen LogP contribution in [-0.4, -0.2) is 12.0 Å². The maximum Gasteiger partial charge on any atom is 0.265 e. The normalized spacial score (nSPS) is 12.0. The highest BCUT2D eigenvalue weighted by Gasteiger charge is 2.16. The van der Waals surface area contributed by atoms with Crippen LogP contribution in [0.25, 0.3) is 10.8 Å². The van der Waals surface area contributed by atoms with Crippen molar-refractivity contribution in [1.29, 1.82) is 0 Å². The zero-order valence-corrected chi connectivity index (χ0v) is 14.4. The van der Waals surface area contributed by atoms with Gasteiger partial charge in [-0.1, -0.05) is 53.5 Å². The van der Waals surface area contributed by atoms with Crippen molar-refractivity contribution in [2.45, 2.75) is 13.0 Å². The molecule has 0 aromatic heterocycles. The Hall–Kier alpha value is -2.23. The number of hydrogen-bond acceptors (Lipinski definition) is 2. The molecule has 0 radical (unpaired) electrons. The van der Waals surface area contributed by atoms with Crippen LogP contribution in [0.15, 0.2) is 60.7 Å². The number of halogens is 2. The van der Waals surface area contributed by atoms with E-state index in [1.54, 1.807) is 43.3 Å². The molecule has 3 nitrogen and oxygen atoms in total. The lowest BCUT2D eigenvalue weighted by atomic mass is 10.1. The Bertz CT molecular complexity index is 895. The second-order valence-electron chi connectivity index (χ2n) is 5.35. The average molecular weight is 360 g/mol. The monoisotopic (exact) mass is 359 g/mol. The van der Waals surface area contributed by atoms with E-state index >= 15 is 0 Å². The Kier molecular flexibility index (Phi) is 4.93. The van der Waals surface area contributed by atoms with Gasteiger partial charge in [0.15, 0.2) is 6.10 Å². The third-order valence-electron chi connectivity index (χ3n) is 3.60. The number of amides is 1. The Balaban J connectivity index is 1.78. The SMILES string of the molecule is C[C@@H](Oc1ccc(Cl)c2ccccc12)C(=O)Nc1cccc(Cl)c1. The van der Waals surface area contributed by atoms with Crippen LogP contribution in [0.4, 0.5) is 5.69 Å². The van der Waals surface area contributed by atoms with E-state index in [9.17, 15) is 4.79 Å². The van der Waals surface area contributed by atoms with Gasteiger partial charge in [-0.25, -0.2) is 0 Å². The van der Waals surface area contributed by atoms with E-state index < -0.39 is 6.10 Å². The minimum absolute atomic E-state index is 0.253. The lowest BCUT2D eigenvalue weighted by Crippen LogP contribution is -2.30. The fourth-order valence-electron chi connectivity index (χ4n) is 2.39. The average Bonchev–Trinajstić information content (AvgIpc) is 2.57. The van der Waals surface area contributed by atoms with Crippen LogP contribution in [0.1, 0.15) is 6.92 Å². The molecular weight excluding hydrogens is 345 g/mol. The molecule has 0 aliphatic rings. The van der Waals surface area contributed by atoms with E-state index in [0.29, 0.717) is 21.5 Å². The van der Waals surface area contributed by atoms with Crippen molar-refractivity contribution in [2.24, 2.45) is 0 Å². The predicted molar refractivity (Wildman–Crippen MR) is 99.1 cm³/mol. The van der Waals surface area contributed by atoms with Crippen molar-refractivity contribution in [2.75, 3.05) is 5.32 Å². The molecule has 0 bridgehead atoms. The number of anilines is 1. The molecule has 122 valence electrons. The van der Waals surface area contributed by atoms with Crippen molar-refractivity contribution < 1.29 is 9.53 Å². The quantitative estimate of drug-likeness (QED) is 0.662. The van der Waals surface area contributed by atoms with E-state index in [0.717, 1.165) is 10.8 Å². The number of ether oxygens (including phenoxy) is 1. The van der Waals surface area contributed by atoms with Gasteiger partial charge in [-0.3, -0.25) is 4.79 Å². The molecule has 5 heteroatoms. The second kappa shape index (κ2) is 7.12. The summed E-state index contributed by atoms with van der Waals surface area (Å²) in [6.07, 6.45) is -0.673. The molecule has 1 amide bonds. The first kappa shape index (κ1) is 16.6. The molecule has 24 heavy (non-hydrogen) atoms. The summed E-state index contributed by atoms with van der Waals surface area (Å²) < 4.78 is 5.84. The number of carbonyl (C=O) groups excluding carboxylic acids is 1. The summed E-state index contributed by atoms with van der Waals surface area (Å²) in [5, 5.41) is 5.75. The molecule has 0 saturated heterocycles. The van der Waals surface area contributed by atoms with Crippen LogP contribution in [0.2, 0.25) is 10.0 Å². The van der Waals surface area contributed by atoms with Crippen molar-refractivity contribution in [3.8, 4) is 5.75 Å². The van der Waals surface area contributed by atoms with Gasteiger partial charge in [0.25, 0.3) is 5.91 Å². The van der Waals surface area contributed by atoms with Gasteiger partial charge < -0.3 is 10.1 Å². The molecule has 0 fully saturated rings. The molecular formula is C19H15Cl2NO2. The maximum atomic E-state index is 12.3. The summed E-state index contributed by atoms with van der Waals surface area (Å²) in [5.41, 5.74) is 0.629. The van der Waals surface area contributed by atoms with Crippen molar-refractivity contribution in [1.82, 2.24) is 0 Å². The number of nitrogens with one attached hydrogen (secondary N) is 1. The lowest BCUT2D eigenvalue weighted by molar-refractivity contribution is -0.122. The van der Waals surface area contributed by atoms with Gasteiger partial charge in [0.05, 0.1) is 0 Å². The zero-order chi connectivity index (χ0) is 17.1. The molecule has 3 aromatic rings. The van der Waals surface area contributed by atoms with E-state index in [1.807, 2.05) is 24.3 Å². The third-order valence-corrected chi connectivity index (χ3v) is 4.16. The van der Waals surface area contributed by atoms with Crippen LogP contribution in [0.3, 0.4) is 0 Å². The minimum atomic E-state index is -0.673. The van der Waals surface area contributed by atoms with Gasteiger partial charge in [0, 0.05) is 26.5 Å².